The van der Waals surface area contributed by atoms with Gasteiger partial charge in [-0.25, -0.2) is 0 Å². The molecule has 0 aromatic heterocycles. The quantitative estimate of drug-likeness (QED) is 0.319. The molecule has 0 aliphatic carbocycles. The molecular formula is F3LiO12P3V. The largest absolute Gasteiger partial charge is 5.00 e. The molecule has 0 spiro atoms. The molecule has 0 aliphatic heterocycles. The van der Waals surface area contributed by atoms with Gasteiger partial charge < -0.3 is 43.1 Å². The van der Waals surface area contributed by atoms with Crippen molar-refractivity contribution >= 4 is 23.5 Å². The van der Waals surface area contributed by atoms with E-state index in [0.717, 1.165) is 0 Å². The van der Waals surface area contributed by atoms with Crippen molar-refractivity contribution in [2.75, 3.05) is 0 Å². The molecule has 0 radical (unpaired) electrons. The van der Waals surface area contributed by atoms with Gasteiger partial charge in [0, 0.05) is 0 Å². The van der Waals surface area contributed by atoms with Gasteiger partial charge in [-0.2, -0.15) is 14.2 Å². The van der Waals surface area contributed by atoms with E-state index in [2.05, 4.69) is 0 Å². The summed E-state index contributed by atoms with van der Waals surface area (Å²) in [5, 5.41) is 0. The zero-order valence-corrected chi connectivity index (χ0v) is 12.9. The Morgan fingerprint density at radius 2 is 0.650 bits per heavy atom. The number of rotatable bonds is 3. The van der Waals surface area contributed by atoms with Crippen molar-refractivity contribution in [3.63, 3.8) is 0 Å². The van der Waals surface area contributed by atoms with E-state index >= 15 is 0 Å². The van der Waals surface area contributed by atoms with Crippen LogP contribution in [0.25, 0.3) is 0 Å². The van der Waals surface area contributed by atoms with E-state index in [4.69, 9.17) is 43.1 Å². The van der Waals surface area contributed by atoms with Crippen LogP contribution in [0.4, 0.5) is 13.6 Å². The molecule has 0 fully saturated rings. The van der Waals surface area contributed by atoms with Crippen molar-refractivity contribution in [1.82, 2.24) is 0 Å². The van der Waals surface area contributed by atoms with Gasteiger partial charge in [0.1, 0.15) is 23.5 Å². The summed E-state index contributed by atoms with van der Waals surface area (Å²) in [6.45, 7) is 0. The minimum atomic E-state index is -5.31. The van der Waals surface area contributed by atoms with E-state index < -0.39 is 23.5 Å². The average Bonchev–Trinajstić information content (AvgIpc) is 2.16. The molecule has 20 heteroatoms. The smallest absolute Gasteiger partial charge is 0.787 e. The first-order valence-electron chi connectivity index (χ1n) is 2.65. The Kier molecular flexibility index (Phi) is 25.1. The topological polar surface area (TPSA) is 217 Å². The van der Waals surface area contributed by atoms with Crippen LogP contribution in [0.3, 0.4) is 0 Å². The molecule has 114 valence electrons. The number of hydrogen-bond donors (Lipinski definition) is 0. The molecule has 0 heterocycles. The van der Waals surface area contributed by atoms with Gasteiger partial charge >= 0.3 is 37.4 Å². The van der Waals surface area contributed by atoms with Crippen LogP contribution in [0.5, 0.6) is 0 Å². The predicted octanol–water partition coefficient (Wildman–Crippen LogP) is -6.85. The van der Waals surface area contributed by atoms with Gasteiger partial charge in [-0.05, 0) is 13.6 Å². The maximum Gasteiger partial charge on any atom is 5.00 e. The van der Waals surface area contributed by atoms with Crippen molar-refractivity contribution in [3.05, 3.63) is 0 Å². The molecule has 0 bridgehead atoms. The van der Waals surface area contributed by atoms with Crippen LogP contribution in [-0.2, 0) is 46.4 Å². The molecule has 0 aliphatic rings. The monoisotopic (exact) mass is 400 g/mol. The van der Waals surface area contributed by atoms with Crippen molar-refractivity contribution < 1.29 is 108 Å². The molecule has 0 atom stereocenters. The Morgan fingerprint density at radius 3 is 0.650 bits per heavy atom. The second-order valence-corrected chi connectivity index (χ2v) is 4.65. The predicted molar refractivity (Wildman–Crippen MR) is 29.4 cm³/mol. The summed E-state index contributed by atoms with van der Waals surface area (Å²) in [6.07, 6.45) is 0. The molecule has 0 saturated heterocycles. The number of halogens is 3. The molecule has 0 unspecified atom stereocenters. The molecule has 12 nitrogen and oxygen atoms in total. The first-order chi connectivity index (χ1) is 7.68. The van der Waals surface area contributed by atoms with E-state index in [1.807, 2.05) is 14.2 Å². The van der Waals surface area contributed by atoms with E-state index in [9.17, 15) is 13.6 Å². The van der Waals surface area contributed by atoms with E-state index in [0.29, 0.717) is 0 Å². The molecule has 0 amide bonds. The maximum absolute atomic E-state index is 10.1. The van der Waals surface area contributed by atoms with Crippen LogP contribution in [0, 0.1) is 0 Å². The summed E-state index contributed by atoms with van der Waals surface area (Å²) in [4.78, 5) is 53.2. The van der Waals surface area contributed by atoms with Crippen LogP contribution >= 0.6 is 23.5 Å². The fourth-order valence-electron chi connectivity index (χ4n) is 0. The zero-order chi connectivity index (χ0) is 15.6. The van der Waals surface area contributed by atoms with Crippen LogP contribution in [0.1, 0.15) is 0 Å². The maximum atomic E-state index is 10.1. The Labute approximate surface area is 132 Å². The Bertz CT molecular complexity index is 279. The first kappa shape index (κ1) is 33.0. The van der Waals surface area contributed by atoms with Gasteiger partial charge in [0.05, 0.1) is 0 Å². The summed E-state index contributed by atoms with van der Waals surface area (Å²) in [5.41, 5.74) is 0. The molecule has 0 N–H and O–H groups in total. The molecule has 20 heavy (non-hydrogen) atoms. The second-order valence-electron chi connectivity index (χ2n) is 1.55. The first-order valence-corrected chi connectivity index (χ1v) is 7.04. The van der Waals surface area contributed by atoms with Gasteiger partial charge in [-0.1, -0.05) is 0 Å². The van der Waals surface area contributed by atoms with Gasteiger partial charge in [0.2, 0.25) is 0 Å². The van der Waals surface area contributed by atoms with Gasteiger partial charge in [0.25, 0.3) is 0 Å². The minimum absolute atomic E-state index is 0. The fourth-order valence-corrected chi connectivity index (χ4v) is 0. The Morgan fingerprint density at radius 1 is 0.600 bits per heavy atom. The molecule has 0 rings (SSSR count). The third-order valence-electron chi connectivity index (χ3n) is 0.254. The van der Waals surface area contributed by atoms with Crippen LogP contribution in [0.15, 0.2) is 0 Å². The number of phosphoric acid groups is 3. The number of hydrogen-bond acceptors (Lipinski definition) is 12. The van der Waals surface area contributed by atoms with Crippen molar-refractivity contribution in [2.45, 2.75) is 0 Å². The standard InChI is InChI=1S/3FH2O4P.Li.V/c3*1-5-6(2,3)4;;/h3*(H2,2,3,4);;/q;;;+1;+5/p-6. The summed E-state index contributed by atoms with van der Waals surface area (Å²) in [6, 6.07) is 0. The Balaban J connectivity index is -0.0000000536. The summed E-state index contributed by atoms with van der Waals surface area (Å²) >= 11 is 0. The fraction of sp³-hybridized carbons (Fsp3) is 0. The molecule has 0 aromatic rings. The van der Waals surface area contributed by atoms with Crippen molar-refractivity contribution in [1.29, 1.82) is 0 Å². The van der Waals surface area contributed by atoms with Crippen molar-refractivity contribution in [3.8, 4) is 0 Å². The minimum Gasteiger partial charge on any atom is -0.787 e. The van der Waals surface area contributed by atoms with E-state index in [1.54, 1.807) is 0 Å². The average molecular weight is 400 g/mol. The van der Waals surface area contributed by atoms with Gasteiger partial charge in [0.15, 0.2) is 0 Å². The van der Waals surface area contributed by atoms with Crippen LogP contribution in [0.2, 0.25) is 0 Å². The summed E-state index contributed by atoms with van der Waals surface area (Å²) in [7, 11) is -15.9. The van der Waals surface area contributed by atoms with E-state index in [1.165, 1.54) is 0 Å². The zero-order valence-electron chi connectivity index (χ0n) is 8.82. The summed E-state index contributed by atoms with van der Waals surface area (Å²) < 4.78 is 62.6. The van der Waals surface area contributed by atoms with Crippen LogP contribution in [-0.4, -0.2) is 0 Å². The molecular weight excluding hydrogens is 400 g/mol. The second kappa shape index (κ2) is 15.2. The third kappa shape index (κ3) is 60.9. The van der Waals surface area contributed by atoms with E-state index in [-0.39, 0.29) is 37.4 Å². The van der Waals surface area contributed by atoms with Gasteiger partial charge in [-0.15, -0.1) is 0 Å². The summed E-state index contributed by atoms with van der Waals surface area (Å²) in [5.74, 6) is 0. The Hall–Kier alpha value is 1.30. The normalized spacial score (nSPS) is 10.7. The SMILES string of the molecule is O=P([O-])([O-])OF.O=P([O-])([O-])OF.O=P([O-])([O-])OF.[Li+].[V+5]. The molecule has 0 aromatic carbocycles. The molecule has 0 saturated carbocycles. The van der Waals surface area contributed by atoms with Crippen LogP contribution < -0.4 is 48.2 Å². The van der Waals surface area contributed by atoms with Gasteiger partial charge in [-0.3, -0.25) is 0 Å². The van der Waals surface area contributed by atoms with Crippen molar-refractivity contribution in [2.24, 2.45) is 0 Å². The third-order valence-corrected chi connectivity index (χ3v) is 0.761.